The molecule has 0 saturated carbocycles. The molecule has 0 aliphatic heterocycles. The van der Waals surface area contributed by atoms with Gasteiger partial charge in [-0.15, -0.1) is 4.52 Å². The van der Waals surface area contributed by atoms with Crippen LogP contribution in [0.4, 0.5) is 0 Å². The molecular formula is C3H8O6P+. The second-order valence-corrected chi connectivity index (χ2v) is 2.68. The van der Waals surface area contributed by atoms with Crippen LogP contribution in [-0.2, 0) is 14.1 Å². The first kappa shape index (κ1) is 9.74. The van der Waals surface area contributed by atoms with Crippen LogP contribution in [0, 0.1) is 0 Å². The van der Waals surface area contributed by atoms with E-state index in [4.69, 9.17) is 14.7 Å². The minimum absolute atomic E-state index is 0.631. The molecule has 0 saturated heterocycles. The van der Waals surface area contributed by atoms with E-state index in [0.717, 1.165) is 6.92 Å². The van der Waals surface area contributed by atoms with Gasteiger partial charge >= 0.3 is 14.1 Å². The highest BCUT2D eigenvalue weighted by Crippen LogP contribution is 2.45. The van der Waals surface area contributed by atoms with Gasteiger partial charge in [-0.25, -0.2) is 0 Å². The van der Waals surface area contributed by atoms with Crippen LogP contribution >= 0.6 is 8.17 Å². The zero-order valence-electron chi connectivity index (χ0n) is 5.22. The lowest BCUT2D eigenvalue weighted by Gasteiger charge is -2.01. The van der Waals surface area contributed by atoms with Crippen LogP contribution in [0.3, 0.4) is 0 Å². The molecule has 0 unspecified atom stereocenters. The smallest absolute Gasteiger partial charge is 0.434 e. The lowest BCUT2D eigenvalue weighted by molar-refractivity contribution is -0.148. The summed E-state index contributed by atoms with van der Waals surface area (Å²) in [6.45, 7) is 0.461. The van der Waals surface area contributed by atoms with E-state index >= 15 is 0 Å². The second-order valence-electron chi connectivity index (χ2n) is 1.40. The fourth-order valence-electron chi connectivity index (χ4n) is 0.180. The number of rotatable bonds is 3. The second kappa shape index (κ2) is 3.80. The molecule has 0 heterocycles. The third-order valence-electron chi connectivity index (χ3n) is 0.488. The van der Waals surface area contributed by atoms with Crippen molar-refractivity contribution < 1.29 is 28.7 Å². The quantitative estimate of drug-likeness (QED) is 0.291. The monoisotopic (exact) mass is 171 g/mol. The largest absolute Gasteiger partial charge is 0.570 e. The number of hydrogen-bond acceptors (Lipinski definition) is 6. The number of ether oxygens (including phenoxy) is 1. The molecule has 0 bridgehead atoms. The molecule has 0 aromatic heterocycles. The Morgan fingerprint density at radius 2 is 2.00 bits per heavy atom. The number of hydrogen-bond donors (Lipinski definition) is 3. The first-order valence-electron chi connectivity index (χ1n) is 2.27. The molecule has 7 heteroatoms. The molecule has 0 fully saturated rings. The number of carbonyl (C=O) groups is 1. The zero-order chi connectivity index (χ0) is 8.20. The van der Waals surface area contributed by atoms with Crippen molar-refractivity contribution in [1.29, 1.82) is 0 Å². The Morgan fingerprint density at radius 1 is 1.50 bits per heavy atom. The van der Waals surface area contributed by atoms with Gasteiger partial charge in [0.2, 0.25) is 6.79 Å². The minimum Gasteiger partial charge on any atom is -0.434 e. The van der Waals surface area contributed by atoms with Crippen LogP contribution in [0.25, 0.3) is 0 Å². The third-order valence-corrected chi connectivity index (χ3v) is 0.940. The first-order chi connectivity index (χ1) is 4.42. The highest BCUT2D eigenvalue weighted by Gasteiger charge is 2.33. The Kier molecular flexibility index (Phi) is 3.70. The third kappa shape index (κ3) is 7.74. The zero-order valence-corrected chi connectivity index (χ0v) is 6.12. The summed E-state index contributed by atoms with van der Waals surface area (Å²) in [5.74, 6) is -0.631. The summed E-state index contributed by atoms with van der Waals surface area (Å²) in [6, 6.07) is 0. The summed E-state index contributed by atoms with van der Waals surface area (Å²) >= 11 is 0. The van der Waals surface area contributed by atoms with Crippen LogP contribution in [0.15, 0.2) is 0 Å². The van der Waals surface area contributed by atoms with E-state index in [-0.39, 0.29) is 0 Å². The van der Waals surface area contributed by atoms with E-state index in [1.165, 1.54) is 0 Å². The van der Waals surface area contributed by atoms with Gasteiger partial charge < -0.3 is 4.74 Å². The highest BCUT2D eigenvalue weighted by atomic mass is 31.2. The molecule has 0 aromatic rings. The summed E-state index contributed by atoms with van der Waals surface area (Å²) in [5, 5.41) is 0. The van der Waals surface area contributed by atoms with Crippen LogP contribution in [0.5, 0.6) is 0 Å². The maximum absolute atomic E-state index is 9.99. The average Bonchev–Trinajstić information content (AvgIpc) is 1.59. The summed E-state index contributed by atoms with van der Waals surface area (Å²) in [7, 11) is -4.25. The molecular weight excluding hydrogens is 163 g/mol. The topological polar surface area (TPSA) is 96.2 Å². The van der Waals surface area contributed by atoms with Crippen molar-refractivity contribution in [2.24, 2.45) is 0 Å². The Balaban J connectivity index is 3.29. The van der Waals surface area contributed by atoms with Gasteiger partial charge in [-0.1, -0.05) is 0 Å². The molecule has 0 radical (unpaired) electrons. The molecule has 0 aliphatic carbocycles. The van der Waals surface area contributed by atoms with Crippen LogP contribution in [-0.4, -0.2) is 27.4 Å². The molecule has 60 valence electrons. The SMILES string of the molecule is CC(=O)OCO[P+](O)(O)O. The van der Waals surface area contributed by atoms with E-state index < -0.39 is 20.9 Å². The van der Waals surface area contributed by atoms with Crippen molar-refractivity contribution in [2.75, 3.05) is 6.79 Å². The number of esters is 1. The van der Waals surface area contributed by atoms with E-state index in [0.29, 0.717) is 0 Å². The standard InChI is InChI=1S/C3H8O6P/c1-3(4)8-2-9-10(5,6)7/h5-7H,2H2,1H3/q+1. The Labute approximate surface area is 57.7 Å². The molecule has 0 aromatic carbocycles. The lowest BCUT2D eigenvalue weighted by atomic mass is 10.8. The fourth-order valence-corrected chi connectivity index (χ4v) is 0.374. The molecule has 0 spiro atoms. The van der Waals surface area contributed by atoms with Crippen LogP contribution in [0.2, 0.25) is 0 Å². The molecule has 6 nitrogen and oxygen atoms in total. The van der Waals surface area contributed by atoms with Gasteiger partial charge in [-0.3, -0.25) is 4.79 Å². The van der Waals surface area contributed by atoms with Crippen molar-refractivity contribution in [3.05, 3.63) is 0 Å². The summed E-state index contributed by atoms with van der Waals surface area (Å²) in [4.78, 5) is 34.4. The van der Waals surface area contributed by atoms with Crippen molar-refractivity contribution >= 4 is 14.1 Å². The van der Waals surface area contributed by atoms with E-state index in [1.54, 1.807) is 0 Å². The molecule has 0 atom stereocenters. The van der Waals surface area contributed by atoms with Gasteiger partial charge in [-0.05, 0) is 0 Å². The minimum atomic E-state index is -4.25. The maximum Gasteiger partial charge on any atom is 0.570 e. The van der Waals surface area contributed by atoms with Crippen molar-refractivity contribution in [1.82, 2.24) is 0 Å². The molecule has 3 N–H and O–H groups in total. The average molecular weight is 171 g/mol. The predicted octanol–water partition coefficient (Wildman–Crippen LogP) is -0.822. The highest BCUT2D eigenvalue weighted by molar-refractivity contribution is 7.53. The van der Waals surface area contributed by atoms with E-state index in [9.17, 15) is 4.79 Å². The van der Waals surface area contributed by atoms with E-state index in [2.05, 4.69) is 9.26 Å². The molecule has 0 rings (SSSR count). The summed E-state index contributed by atoms with van der Waals surface area (Å²) in [6.07, 6.45) is 0. The van der Waals surface area contributed by atoms with Gasteiger partial charge in [-0.2, -0.15) is 14.7 Å². The predicted molar refractivity (Wildman–Crippen MR) is 31.3 cm³/mol. The Morgan fingerprint density at radius 3 is 2.30 bits per heavy atom. The lowest BCUT2D eigenvalue weighted by Crippen LogP contribution is -2.05. The van der Waals surface area contributed by atoms with Gasteiger partial charge in [0.25, 0.3) is 0 Å². The van der Waals surface area contributed by atoms with Gasteiger partial charge in [0.15, 0.2) is 0 Å². The molecule has 0 aliphatic rings. The van der Waals surface area contributed by atoms with Crippen LogP contribution < -0.4 is 0 Å². The maximum atomic E-state index is 9.99. The normalized spacial score (nSPS) is 11.2. The first-order valence-corrected chi connectivity index (χ1v) is 3.83. The number of carbonyl (C=O) groups excluding carboxylic acids is 1. The fraction of sp³-hybridized carbons (Fsp3) is 0.667. The molecule has 0 amide bonds. The van der Waals surface area contributed by atoms with Gasteiger partial charge in [0, 0.05) is 6.92 Å². The Hall–Kier alpha value is -0.260. The van der Waals surface area contributed by atoms with Crippen molar-refractivity contribution in [2.45, 2.75) is 6.92 Å². The van der Waals surface area contributed by atoms with Crippen molar-refractivity contribution in [3.8, 4) is 0 Å². The van der Waals surface area contributed by atoms with Crippen molar-refractivity contribution in [3.63, 3.8) is 0 Å². The summed E-state index contributed by atoms with van der Waals surface area (Å²) < 4.78 is 7.98. The Bertz CT molecular complexity index is 117. The van der Waals surface area contributed by atoms with Gasteiger partial charge in [0.1, 0.15) is 0 Å². The van der Waals surface area contributed by atoms with Gasteiger partial charge in [0.05, 0.1) is 0 Å². The summed E-state index contributed by atoms with van der Waals surface area (Å²) in [5.41, 5.74) is 0. The van der Waals surface area contributed by atoms with Crippen LogP contribution in [0.1, 0.15) is 6.92 Å². The van der Waals surface area contributed by atoms with E-state index in [1.807, 2.05) is 0 Å². The molecule has 10 heavy (non-hydrogen) atoms.